The van der Waals surface area contributed by atoms with Crippen molar-refractivity contribution in [1.82, 2.24) is 9.29 Å². The smallest absolute Gasteiger partial charge is 0.246 e. The molecule has 0 amide bonds. The minimum Gasteiger partial charge on any atom is -0.377 e. The number of pyridine rings is 1. The number of nitrogen functional groups attached to an aromatic ring is 1. The third kappa shape index (κ3) is 3.03. The number of anilines is 1. The summed E-state index contributed by atoms with van der Waals surface area (Å²) >= 11 is 0. The summed E-state index contributed by atoms with van der Waals surface area (Å²) in [4.78, 5) is 3.95. The van der Waals surface area contributed by atoms with Gasteiger partial charge in [0.15, 0.2) is 0 Å². The number of nitrogens with one attached hydrogen (secondary N) is 1. The van der Waals surface area contributed by atoms with Crippen molar-refractivity contribution in [3.05, 3.63) is 18.5 Å². The second kappa shape index (κ2) is 5.83. The van der Waals surface area contributed by atoms with E-state index in [0.717, 1.165) is 0 Å². The molecule has 0 spiro atoms. The molecule has 106 valence electrons. The molecular weight excluding hydrogens is 268 g/mol. The van der Waals surface area contributed by atoms with E-state index >= 15 is 0 Å². The lowest BCUT2D eigenvalue weighted by Gasteiger charge is -2.22. The Hall–Kier alpha value is -1.22. The Bertz CT molecular complexity index is 534. The Balaban J connectivity index is 2.35. The van der Waals surface area contributed by atoms with E-state index in [9.17, 15) is 8.42 Å². The van der Waals surface area contributed by atoms with E-state index in [4.69, 9.17) is 10.6 Å². The first-order valence-corrected chi connectivity index (χ1v) is 7.52. The van der Waals surface area contributed by atoms with Gasteiger partial charge < -0.3 is 10.2 Å². The standard InChI is InChI=1S/C11H18N4O3S/c1-9-8-15(5-2-6-18-9)19(16,17)11-7-13-4-3-10(11)14-12/h3-4,7,9H,2,5-6,8,12H2,1H3,(H,13,14). The summed E-state index contributed by atoms with van der Waals surface area (Å²) < 4.78 is 32.1. The van der Waals surface area contributed by atoms with E-state index in [1.54, 1.807) is 0 Å². The van der Waals surface area contributed by atoms with E-state index in [0.29, 0.717) is 31.8 Å². The van der Waals surface area contributed by atoms with Crippen molar-refractivity contribution in [2.75, 3.05) is 25.1 Å². The number of sulfonamides is 1. The highest BCUT2D eigenvalue weighted by atomic mass is 32.2. The Morgan fingerprint density at radius 2 is 2.37 bits per heavy atom. The lowest BCUT2D eigenvalue weighted by Crippen LogP contribution is -2.36. The highest BCUT2D eigenvalue weighted by Crippen LogP contribution is 2.24. The molecule has 8 heteroatoms. The molecule has 19 heavy (non-hydrogen) atoms. The molecule has 1 atom stereocenters. The molecule has 2 heterocycles. The highest BCUT2D eigenvalue weighted by Gasteiger charge is 2.29. The summed E-state index contributed by atoms with van der Waals surface area (Å²) in [5.41, 5.74) is 2.73. The average molecular weight is 286 g/mol. The molecule has 0 bridgehead atoms. The fourth-order valence-corrected chi connectivity index (χ4v) is 3.67. The molecule has 0 aromatic carbocycles. The molecule has 1 aliphatic rings. The molecule has 1 fully saturated rings. The Morgan fingerprint density at radius 3 is 3.11 bits per heavy atom. The first-order chi connectivity index (χ1) is 9.05. The molecule has 7 nitrogen and oxygen atoms in total. The number of nitrogens with two attached hydrogens (primary N) is 1. The first-order valence-electron chi connectivity index (χ1n) is 6.08. The molecular formula is C11H18N4O3S. The van der Waals surface area contributed by atoms with Crippen molar-refractivity contribution in [2.24, 2.45) is 5.84 Å². The predicted molar refractivity (Wildman–Crippen MR) is 70.8 cm³/mol. The van der Waals surface area contributed by atoms with Crippen LogP contribution in [0.2, 0.25) is 0 Å². The quantitative estimate of drug-likeness (QED) is 0.607. The SMILES string of the molecule is CC1CN(S(=O)(=O)c2cnccc2NN)CCCO1. The highest BCUT2D eigenvalue weighted by molar-refractivity contribution is 7.89. The third-order valence-electron chi connectivity index (χ3n) is 2.97. The molecule has 2 rings (SSSR count). The maximum absolute atomic E-state index is 12.6. The second-order valence-corrected chi connectivity index (χ2v) is 6.32. The number of hydrogen-bond acceptors (Lipinski definition) is 6. The van der Waals surface area contributed by atoms with Gasteiger partial charge in [-0.2, -0.15) is 4.31 Å². The fourth-order valence-electron chi connectivity index (χ4n) is 2.02. The summed E-state index contributed by atoms with van der Waals surface area (Å²) in [6.07, 6.45) is 3.35. The number of rotatable bonds is 3. The van der Waals surface area contributed by atoms with Crippen molar-refractivity contribution >= 4 is 15.7 Å². The van der Waals surface area contributed by atoms with Crippen LogP contribution in [0.15, 0.2) is 23.4 Å². The van der Waals surface area contributed by atoms with Gasteiger partial charge in [-0.15, -0.1) is 0 Å². The van der Waals surface area contributed by atoms with Crippen LogP contribution in [0.1, 0.15) is 13.3 Å². The Kier molecular flexibility index (Phi) is 4.35. The largest absolute Gasteiger partial charge is 0.377 e. The summed E-state index contributed by atoms with van der Waals surface area (Å²) in [5, 5.41) is 0. The van der Waals surface area contributed by atoms with Crippen LogP contribution in [0.5, 0.6) is 0 Å². The second-order valence-electron chi connectivity index (χ2n) is 4.41. The molecule has 1 aromatic rings. The maximum atomic E-state index is 12.6. The van der Waals surface area contributed by atoms with Crippen LogP contribution in [-0.2, 0) is 14.8 Å². The van der Waals surface area contributed by atoms with Crippen LogP contribution < -0.4 is 11.3 Å². The molecule has 0 radical (unpaired) electrons. The van der Waals surface area contributed by atoms with Crippen molar-refractivity contribution in [3.8, 4) is 0 Å². The van der Waals surface area contributed by atoms with Crippen LogP contribution >= 0.6 is 0 Å². The molecule has 3 N–H and O–H groups in total. The zero-order valence-corrected chi connectivity index (χ0v) is 11.6. The topological polar surface area (TPSA) is 97.6 Å². The fraction of sp³-hybridized carbons (Fsp3) is 0.545. The van der Waals surface area contributed by atoms with E-state index in [1.165, 1.54) is 22.8 Å². The van der Waals surface area contributed by atoms with Gasteiger partial charge in [-0.1, -0.05) is 0 Å². The van der Waals surface area contributed by atoms with E-state index in [2.05, 4.69) is 10.4 Å². The van der Waals surface area contributed by atoms with Crippen LogP contribution in [0.3, 0.4) is 0 Å². The summed E-state index contributed by atoms with van der Waals surface area (Å²) in [6.45, 7) is 3.20. The Labute approximate surface area is 112 Å². The number of ether oxygens (including phenoxy) is 1. The number of aromatic nitrogens is 1. The van der Waals surface area contributed by atoms with Gasteiger partial charge in [0.25, 0.3) is 0 Å². The van der Waals surface area contributed by atoms with E-state index in [1.807, 2.05) is 6.92 Å². The van der Waals surface area contributed by atoms with Gasteiger partial charge in [-0.25, -0.2) is 8.42 Å². The average Bonchev–Trinajstić information content (AvgIpc) is 2.64. The maximum Gasteiger partial charge on any atom is 0.246 e. The summed E-state index contributed by atoms with van der Waals surface area (Å²) in [7, 11) is -3.61. The van der Waals surface area contributed by atoms with Crippen molar-refractivity contribution in [1.29, 1.82) is 0 Å². The summed E-state index contributed by atoms with van der Waals surface area (Å²) in [6, 6.07) is 1.53. The van der Waals surface area contributed by atoms with Crippen LogP contribution in [0.4, 0.5) is 5.69 Å². The van der Waals surface area contributed by atoms with Gasteiger partial charge in [0.1, 0.15) is 4.90 Å². The number of hydrogen-bond donors (Lipinski definition) is 2. The monoisotopic (exact) mass is 286 g/mol. The lowest BCUT2D eigenvalue weighted by atomic mass is 10.4. The van der Waals surface area contributed by atoms with Crippen LogP contribution in [-0.4, -0.2) is 43.5 Å². The molecule has 0 aliphatic carbocycles. The minimum atomic E-state index is -3.61. The predicted octanol–water partition coefficient (Wildman–Crippen LogP) is 0.167. The van der Waals surface area contributed by atoms with Crippen LogP contribution in [0.25, 0.3) is 0 Å². The zero-order chi connectivity index (χ0) is 13.9. The van der Waals surface area contributed by atoms with Gasteiger partial charge >= 0.3 is 0 Å². The molecule has 1 unspecified atom stereocenters. The molecule has 1 aliphatic heterocycles. The molecule has 0 saturated carbocycles. The van der Waals surface area contributed by atoms with Crippen molar-refractivity contribution in [3.63, 3.8) is 0 Å². The molecule has 1 aromatic heterocycles. The summed E-state index contributed by atoms with van der Waals surface area (Å²) in [5.74, 6) is 5.35. The number of nitrogens with zero attached hydrogens (tertiary/aromatic N) is 2. The van der Waals surface area contributed by atoms with Gasteiger partial charge in [0, 0.05) is 32.1 Å². The van der Waals surface area contributed by atoms with Gasteiger partial charge in [-0.05, 0) is 19.4 Å². The Morgan fingerprint density at radius 1 is 1.58 bits per heavy atom. The van der Waals surface area contributed by atoms with Crippen molar-refractivity contribution in [2.45, 2.75) is 24.3 Å². The third-order valence-corrected chi connectivity index (χ3v) is 4.87. The van der Waals surface area contributed by atoms with Crippen LogP contribution in [0, 0.1) is 0 Å². The lowest BCUT2D eigenvalue weighted by molar-refractivity contribution is 0.0752. The van der Waals surface area contributed by atoms with E-state index < -0.39 is 10.0 Å². The van der Waals surface area contributed by atoms with Gasteiger partial charge in [0.05, 0.1) is 11.8 Å². The minimum absolute atomic E-state index is 0.0894. The number of hydrazine groups is 1. The van der Waals surface area contributed by atoms with E-state index in [-0.39, 0.29) is 11.0 Å². The molecule has 1 saturated heterocycles. The van der Waals surface area contributed by atoms with Crippen molar-refractivity contribution < 1.29 is 13.2 Å². The first kappa shape index (κ1) is 14.2. The normalized spacial score (nSPS) is 21.9. The van der Waals surface area contributed by atoms with Gasteiger partial charge in [0.2, 0.25) is 10.0 Å². The zero-order valence-electron chi connectivity index (χ0n) is 10.7. The van der Waals surface area contributed by atoms with Gasteiger partial charge in [-0.3, -0.25) is 10.8 Å².